The quantitative estimate of drug-likeness (QED) is 0.0587. The lowest BCUT2D eigenvalue weighted by atomic mass is 10.0. The number of thioether (sulfide) groups is 2. The smallest absolute Gasteiger partial charge is 0.131 e. The van der Waals surface area contributed by atoms with Crippen LogP contribution in [0.3, 0.4) is 0 Å². The van der Waals surface area contributed by atoms with Crippen LogP contribution < -0.4 is 0 Å². The van der Waals surface area contributed by atoms with E-state index in [1.165, 1.54) is 188 Å². The highest BCUT2D eigenvalue weighted by Crippen LogP contribution is 2.35. The Hall–Kier alpha value is 0.260. The third-order valence-corrected chi connectivity index (χ3v) is 11.9. The Morgan fingerprint density at radius 1 is 0.415 bits per heavy atom. The summed E-state index contributed by atoms with van der Waals surface area (Å²) >= 11 is 5.71. The highest BCUT2D eigenvalue weighted by molar-refractivity contribution is 8.03. The van der Waals surface area contributed by atoms with Crippen LogP contribution >= 0.6 is 34.9 Å². The molecule has 242 valence electrons. The number of rotatable bonds is 32. The van der Waals surface area contributed by atoms with E-state index in [-0.39, 0.29) is 0 Å². The molecular weight excluding hydrogens is 557 g/mol. The molecule has 0 N–H and O–H groups in total. The minimum atomic E-state index is 0.650. The SMILES string of the molecule is CCCCCCCCCCCCCCCC(C)Sc1nnc(SC(C)CCCCCCCCCCCCCCC)s1. The van der Waals surface area contributed by atoms with Gasteiger partial charge in [0.2, 0.25) is 0 Å². The molecule has 1 rings (SSSR count). The molecule has 0 bridgehead atoms. The topological polar surface area (TPSA) is 25.8 Å². The molecule has 2 nitrogen and oxygen atoms in total. The number of aromatic nitrogens is 2. The first-order valence-corrected chi connectivity index (χ1v) is 20.9. The van der Waals surface area contributed by atoms with Gasteiger partial charge in [-0.1, -0.05) is 229 Å². The zero-order valence-electron chi connectivity index (χ0n) is 28.1. The molecule has 0 saturated heterocycles. The number of nitrogens with zero attached hydrogens (tertiary/aromatic N) is 2. The van der Waals surface area contributed by atoms with Crippen LogP contribution in [0.2, 0.25) is 0 Å². The monoisotopic (exact) mass is 626 g/mol. The van der Waals surface area contributed by atoms with Crippen molar-refractivity contribution in [1.29, 1.82) is 0 Å². The summed E-state index contributed by atoms with van der Waals surface area (Å²) in [7, 11) is 0. The van der Waals surface area contributed by atoms with Gasteiger partial charge in [-0.3, -0.25) is 0 Å². The Labute approximate surface area is 270 Å². The summed E-state index contributed by atoms with van der Waals surface area (Å²) in [6.45, 7) is 9.34. The summed E-state index contributed by atoms with van der Waals surface area (Å²) in [4.78, 5) is 0. The maximum Gasteiger partial charge on any atom is 0.175 e. The fourth-order valence-corrected chi connectivity index (χ4v) is 9.40. The third kappa shape index (κ3) is 26.4. The van der Waals surface area contributed by atoms with Gasteiger partial charge in [0.05, 0.1) is 0 Å². The Bertz CT molecular complexity index is 598. The van der Waals surface area contributed by atoms with Gasteiger partial charge in [-0.05, 0) is 12.8 Å². The van der Waals surface area contributed by atoms with Gasteiger partial charge < -0.3 is 0 Å². The van der Waals surface area contributed by atoms with E-state index < -0.39 is 0 Å². The summed E-state index contributed by atoms with van der Waals surface area (Å²) in [6, 6.07) is 0. The summed E-state index contributed by atoms with van der Waals surface area (Å²) in [5, 5.41) is 10.3. The predicted molar refractivity (Wildman–Crippen MR) is 191 cm³/mol. The van der Waals surface area contributed by atoms with E-state index in [0.717, 1.165) is 0 Å². The van der Waals surface area contributed by atoms with Crippen molar-refractivity contribution in [3.63, 3.8) is 0 Å². The molecule has 0 aliphatic heterocycles. The van der Waals surface area contributed by atoms with Gasteiger partial charge in [0.25, 0.3) is 0 Å². The van der Waals surface area contributed by atoms with E-state index in [4.69, 9.17) is 0 Å². The number of hydrogen-bond acceptors (Lipinski definition) is 5. The summed E-state index contributed by atoms with van der Waals surface area (Å²) in [5.41, 5.74) is 0. The third-order valence-electron chi connectivity index (χ3n) is 8.42. The van der Waals surface area contributed by atoms with Gasteiger partial charge in [0.15, 0.2) is 8.68 Å². The highest BCUT2D eigenvalue weighted by Gasteiger charge is 2.13. The second kappa shape index (κ2) is 30.3. The van der Waals surface area contributed by atoms with Crippen LogP contribution in [0.4, 0.5) is 0 Å². The zero-order chi connectivity index (χ0) is 29.6. The second-order valence-electron chi connectivity index (χ2n) is 12.8. The predicted octanol–water partition coefficient (Wildman–Crippen LogP) is 14.5. The van der Waals surface area contributed by atoms with Crippen molar-refractivity contribution in [2.45, 2.75) is 227 Å². The summed E-state index contributed by atoms with van der Waals surface area (Å²) in [6.07, 6.45) is 39.8. The molecule has 0 aliphatic rings. The van der Waals surface area contributed by atoms with Crippen molar-refractivity contribution in [1.82, 2.24) is 10.2 Å². The van der Waals surface area contributed by atoms with Gasteiger partial charge in [0.1, 0.15) is 0 Å². The van der Waals surface area contributed by atoms with Gasteiger partial charge in [0, 0.05) is 10.5 Å². The molecular formula is C36H70N2S3. The average Bonchev–Trinajstić information content (AvgIpc) is 3.39. The molecule has 1 aromatic heterocycles. The van der Waals surface area contributed by atoms with Crippen molar-refractivity contribution < 1.29 is 0 Å². The van der Waals surface area contributed by atoms with E-state index in [0.29, 0.717) is 10.5 Å². The van der Waals surface area contributed by atoms with Crippen LogP contribution in [0.15, 0.2) is 8.68 Å². The second-order valence-corrected chi connectivity index (χ2v) is 17.1. The maximum atomic E-state index is 4.50. The maximum absolute atomic E-state index is 4.50. The normalized spacial score (nSPS) is 13.2. The molecule has 0 aromatic carbocycles. The molecule has 0 radical (unpaired) electrons. The molecule has 0 amide bonds. The lowest BCUT2D eigenvalue weighted by Gasteiger charge is -2.09. The zero-order valence-corrected chi connectivity index (χ0v) is 30.5. The van der Waals surface area contributed by atoms with Gasteiger partial charge in [-0.25, -0.2) is 0 Å². The lowest BCUT2D eigenvalue weighted by molar-refractivity contribution is 0.535. The molecule has 0 saturated carbocycles. The average molecular weight is 627 g/mol. The van der Waals surface area contributed by atoms with Gasteiger partial charge in [-0.15, -0.1) is 10.2 Å². The molecule has 0 fully saturated rings. The number of unbranched alkanes of at least 4 members (excludes halogenated alkanes) is 24. The first-order valence-electron chi connectivity index (χ1n) is 18.3. The van der Waals surface area contributed by atoms with Crippen LogP contribution in [-0.2, 0) is 0 Å². The molecule has 41 heavy (non-hydrogen) atoms. The Morgan fingerprint density at radius 2 is 0.659 bits per heavy atom. The first kappa shape index (κ1) is 39.3. The van der Waals surface area contributed by atoms with E-state index in [9.17, 15) is 0 Å². The minimum absolute atomic E-state index is 0.650. The van der Waals surface area contributed by atoms with Gasteiger partial charge in [-0.2, -0.15) is 0 Å². The van der Waals surface area contributed by atoms with Crippen molar-refractivity contribution in [3.8, 4) is 0 Å². The van der Waals surface area contributed by atoms with Crippen LogP contribution in [0, 0.1) is 0 Å². The summed E-state index contributed by atoms with van der Waals surface area (Å²) < 4.78 is 2.34. The molecule has 1 aromatic rings. The fourth-order valence-electron chi connectivity index (χ4n) is 5.65. The van der Waals surface area contributed by atoms with E-state index >= 15 is 0 Å². The van der Waals surface area contributed by atoms with Crippen molar-refractivity contribution >= 4 is 34.9 Å². The molecule has 2 atom stereocenters. The Morgan fingerprint density at radius 3 is 0.927 bits per heavy atom. The van der Waals surface area contributed by atoms with E-state index in [2.05, 4.69) is 37.9 Å². The Kier molecular flexibility index (Phi) is 29.0. The molecule has 5 heteroatoms. The lowest BCUT2D eigenvalue weighted by Crippen LogP contribution is -1.95. The van der Waals surface area contributed by atoms with Crippen LogP contribution in [-0.4, -0.2) is 20.7 Å². The summed E-state index contributed by atoms with van der Waals surface area (Å²) in [5.74, 6) is 0. The minimum Gasteiger partial charge on any atom is -0.131 e. The van der Waals surface area contributed by atoms with Crippen LogP contribution in [0.5, 0.6) is 0 Å². The van der Waals surface area contributed by atoms with Crippen LogP contribution in [0.25, 0.3) is 0 Å². The fraction of sp³-hybridized carbons (Fsp3) is 0.944. The van der Waals surface area contributed by atoms with E-state index in [1.54, 1.807) is 0 Å². The standard InChI is InChI=1S/C36H70N2S3/c1-5-7-9-11-13-15-17-19-21-23-25-27-29-31-33(3)39-35-37-38-36(41-35)40-34(4)32-30-28-26-24-22-20-18-16-14-12-10-8-6-2/h33-34H,5-32H2,1-4H3. The molecule has 0 spiro atoms. The van der Waals surface area contributed by atoms with Crippen molar-refractivity contribution in [3.05, 3.63) is 0 Å². The Balaban J connectivity index is 1.93. The van der Waals surface area contributed by atoms with Crippen molar-refractivity contribution in [2.24, 2.45) is 0 Å². The molecule has 1 heterocycles. The first-order chi connectivity index (χ1) is 20.2. The van der Waals surface area contributed by atoms with E-state index in [1.807, 2.05) is 34.9 Å². The molecule has 2 unspecified atom stereocenters. The highest BCUT2D eigenvalue weighted by atomic mass is 32.2. The number of hydrogen-bond donors (Lipinski definition) is 0. The largest absolute Gasteiger partial charge is 0.175 e. The van der Waals surface area contributed by atoms with Crippen LogP contribution in [0.1, 0.15) is 207 Å². The molecule has 0 aliphatic carbocycles. The van der Waals surface area contributed by atoms with Gasteiger partial charge >= 0.3 is 0 Å². The van der Waals surface area contributed by atoms with Crippen molar-refractivity contribution in [2.75, 3.05) is 0 Å².